The van der Waals surface area contributed by atoms with Gasteiger partial charge in [0.15, 0.2) is 5.38 Å². The van der Waals surface area contributed by atoms with Crippen LogP contribution in [0.15, 0.2) is 5.16 Å². The van der Waals surface area contributed by atoms with Crippen LogP contribution in [0.4, 0.5) is 0 Å². The van der Waals surface area contributed by atoms with Crippen molar-refractivity contribution in [1.29, 1.82) is 0 Å². The van der Waals surface area contributed by atoms with E-state index in [0.717, 1.165) is 12.8 Å². The summed E-state index contributed by atoms with van der Waals surface area (Å²) in [6.45, 7) is 2.22. The molecule has 0 bridgehead atoms. The fourth-order valence-electron chi connectivity index (χ4n) is 1.77. The average Bonchev–Trinajstić information content (AvgIpc) is 2.59. The molecule has 1 rings (SSSR count). The lowest BCUT2D eigenvalue weighted by atomic mass is 10.1. The number of nitrogens with zero attached hydrogens (tertiary/aromatic N) is 1. The van der Waals surface area contributed by atoms with E-state index < -0.39 is 11.3 Å². The van der Waals surface area contributed by atoms with Gasteiger partial charge >= 0.3 is 5.97 Å². The van der Waals surface area contributed by atoms with Crippen LogP contribution in [0.2, 0.25) is 0 Å². The highest BCUT2D eigenvalue weighted by molar-refractivity contribution is 6.42. The molecule has 0 aromatic carbocycles. The molecule has 0 saturated carbocycles. The van der Waals surface area contributed by atoms with Gasteiger partial charge in [-0.3, -0.25) is 0 Å². The normalized spacial score (nSPS) is 19.8. The van der Waals surface area contributed by atoms with Gasteiger partial charge < -0.3 is 4.84 Å². The van der Waals surface area contributed by atoms with E-state index in [4.69, 9.17) is 11.6 Å². The molecule has 0 fully saturated rings. The SMILES string of the molecule is CCCCCCCCCC1=NOC(=O)C1Cl. The van der Waals surface area contributed by atoms with Crippen molar-refractivity contribution in [3.05, 3.63) is 0 Å². The summed E-state index contributed by atoms with van der Waals surface area (Å²) in [5.41, 5.74) is 0.695. The summed E-state index contributed by atoms with van der Waals surface area (Å²) < 4.78 is 0. The van der Waals surface area contributed by atoms with Crippen molar-refractivity contribution in [3.8, 4) is 0 Å². The van der Waals surface area contributed by atoms with E-state index >= 15 is 0 Å². The number of carbonyl (C=O) groups is 1. The van der Waals surface area contributed by atoms with Gasteiger partial charge in [0.05, 0.1) is 5.71 Å². The lowest BCUT2D eigenvalue weighted by molar-refractivity contribution is -0.139. The second-order valence-electron chi connectivity index (χ2n) is 4.23. The fraction of sp³-hybridized carbons (Fsp3) is 0.833. The van der Waals surface area contributed by atoms with Crippen molar-refractivity contribution in [1.82, 2.24) is 0 Å². The standard InChI is InChI=1S/C12H20ClNO2/c1-2-3-4-5-6-7-8-9-10-11(13)12(15)16-14-10/h11H,2-9H2,1H3. The van der Waals surface area contributed by atoms with Gasteiger partial charge in [-0.1, -0.05) is 50.6 Å². The van der Waals surface area contributed by atoms with Gasteiger partial charge in [-0.05, 0) is 12.8 Å². The Morgan fingerprint density at radius 2 is 1.81 bits per heavy atom. The molecule has 0 spiro atoms. The summed E-state index contributed by atoms with van der Waals surface area (Å²) in [7, 11) is 0. The van der Waals surface area contributed by atoms with Crippen molar-refractivity contribution >= 4 is 23.3 Å². The van der Waals surface area contributed by atoms with Gasteiger partial charge in [-0.15, -0.1) is 11.6 Å². The third-order valence-corrected chi connectivity index (χ3v) is 3.22. The molecule has 1 aliphatic rings. The number of hydrogen-bond donors (Lipinski definition) is 0. The van der Waals surface area contributed by atoms with Crippen LogP contribution in [0.5, 0.6) is 0 Å². The molecule has 1 aliphatic heterocycles. The topological polar surface area (TPSA) is 38.7 Å². The molecule has 1 heterocycles. The largest absolute Gasteiger partial charge is 0.358 e. The highest BCUT2D eigenvalue weighted by atomic mass is 35.5. The molecule has 0 aromatic heterocycles. The Hall–Kier alpha value is -0.570. The summed E-state index contributed by atoms with van der Waals surface area (Å²) in [4.78, 5) is 15.4. The number of halogens is 1. The highest BCUT2D eigenvalue weighted by Crippen LogP contribution is 2.16. The number of unbranched alkanes of at least 4 members (excludes halogenated alkanes) is 6. The maximum atomic E-state index is 10.9. The third kappa shape index (κ3) is 4.52. The first-order valence-corrected chi connectivity index (χ1v) is 6.61. The van der Waals surface area contributed by atoms with Crippen LogP contribution in [0.1, 0.15) is 58.3 Å². The highest BCUT2D eigenvalue weighted by Gasteiger charge is 2.29. The van der Waals surface area contributed by atoms with Crippen molar-refractivity contribution in [2.24, 2.45) is 5.16 Å². The van der Waals surface area contributed by atoms with Gasteiger partial charge in [0.25, 0.3) is 0 Å². The quantitative estimate of drug-likeness (QED) is 0.372. The van der Waals surface area contributed by atoms with Crippen LogP contribution in [-0.2, 0) is 9.63 Å². The molecule has 0 aliphatic carbocycles. The zero-order valence-electron chi connectivity index (χ0n) is 9.88. The number of rotatable bonds is 8. The second kappa shape index (κ2) is 7.66. The molecule has 4 heteroatoms. The summed E-state index contributed by atoms with van der Waals surface area (Å²) >= 11 is 5.80. The Kier molecular flexibility index (Phi) is 6.46. The first-order valence-electron chi connectivity index (χ1n) is 6.17. The lowest BCUT2D eigenvalue weighted by Crippen LogP contribution is -2.17. The molecule has 0 saturated heterocycles. The van der Waals surface area contributed by atoms with Crippen molar-refractivity contribution in [2.75, 3.05) is 0 Å². The summed E-state index contributed by atoms with van der Waals surface area (Å²) in [5, 5.41) is 3.04. The molecule has 1 atom stereocenters. The van der Waals surface area contributed by atoms with Gasteiger partial charge in [0.2, 0.25) is 0 Å². The molecule has 16 heavy (non-hydrogen) atoms. The van der Waals surface area contributed by atoms with E-state index in [2.05, 4.69) is 16.9 Å². The minimum absolute atomic E-state index is 0.431. The van der Waals surface area contributed by atoms with E-state index in [-0.39, 0.29) is 0 Å². The smallest absolute Gasteiger partial charge is 0.316 e. The van der Waals surface area contributed by atoms with Gasteiger partial charge in [-0.25, -0.2) is 4.79 Å². The summed E-state index contributed by atoms with van der Waals surface area (Å²) in [5.74, 6) is -0.431. The Morgan fingerprint density at radius 3 is 2.38 bits per heavy atom. The molecule has 0 amide bonds. The van der Waals surface area contributed by atoms with E-state index in [1.807, 2.05) is 0 Å². The summed E-state index contributed by atoms with van der Waals surface area (Å²) in [6, 6.07) is 0. The van der Waals surface area contributed by atoms with Crippen molar-refractivity contribution in [3.63, 3.8) is 0 Å². The monoisotopic (exact) mass is 245 g/mol. The van der Waals surface area contributed by atoms with E-state index in [1.165, 1.54) is 38.5 Å². The Morgan fingerprint density at radius 1 is 1.19 bits per heavy atom. The average molecular weight is 246 g/mol. The molecule has 92 valence electrons. The fourth-order valence-corrected chi connectivity index (χ4v) is 1.96. The molecular formula is C12H20ClNO2. The molecule has 0 radical (unpaired) electrons. The number of carbonyl (C=O) groups excluding carboxylic acids is 1. The van der Waals surface area contributed by atoms with Crippen LogP contribution in [0.3, 0.4) is 0 Å². The van der Waals surface area contributed by atoms with Crippen molar-refractivity contribution < 1.29 is 9.63 Å². The zero-order valence-corrected chi connectivity index (χ0v) is 10.6. The Balaban J connectivity index is 1.97. The maximum absolute atomic E-state index is 10.9. The minimum atomic E-state index is -0.639. The molecule has 0 aromatic rings. The van der Waals surface area contributed by atoms with Crippen LogP contribution in [0.25, 0.3) is 0 Å². The van der Waals surface area contributed by atoms with E-state index in [9.17, 15) is 4.79 Å². The molecule has 0 N–H and O–H groups in total. The predicted molar refractivity (Wildman–Crippen MR) is 65.8 cm³/mol. The van der Waals surface area contributed by atoms with Crippen LogP contribution in [-0.4, -0.2) is 17.1 Å². The minimum Gasteiger partial charge on any atom is -0.316 e. The molecular weight excluding hydrogens is 226 g/mol. The van der Waals surface area contributed by atoms with E-state index in [0.29, 0.717) is 5.71 Å². The first-order chi connectivity index (χ1) is 7.75. The maximum Gasteiger partial charge on any atom is 0.358 e. The number of alkyl halides is 1. The third-order valence-electron chi connectivity index (χ3n) is 2.79. The summed E-state index contributed by atoms with van der Waals surface area (Å²) in [6.07, 6.45) is 9.52. The number of oxime groups is 1. The molecule has 3 nitrogen and oxygen atoms in total. The molecule has 1 unspecified atom stereocenters. The predicted octanol–water partition coefficient (Wildman–Crippen LogP) is 3.65. The lowest BCUT2D eigenvalue weighted by Gasteiger charge is -2.02. The van der Waals surface area contributed by atoms with E-state index in [1.54, 1.807) is 0 Å². The van der Waals surface area contributed by atoms with Gasteiger partial charge in [0, 0.05) is 0 Å². The number of hydrogen-bond acceptors (Lipinski definition) is 3. The zero-order chi connectivity index (χ0) is 11.8. The van der Waals surface area contributed by atoms with Gasteiger partial charge in [0.1, 0.15) is 0 Å². The first kappa shape index (κ1) is 13.5. The van der Waals surface area contributed by atoms with Crippen LogP contribution < -0.4 is 0 Å². The Bertz CT molecular complexity index is 253. The second-order valence-corrected chi connectivity index (χ2v) is 4.66. The Labute approximate surface area is 102 Å². The van der Waals surface area contributed by atoms with Crippen molar-refractivity contribution in [2.45, 2.75) is 63.7 Å². The van der Waals surface area contributed by atoms with Crippen LogP contribution >= 0.6 is 11.6 Å². The van der Waals surface area contributed by atoms with Gasteiger partial charge in [-0.2, -0.15) is 0 Å². The van der Waals surface area contributed by atoms with Crippen LogP contribution in [0, 0.1) is 0 Å².